The normalized spacial score (nSPS) is 16.8. The van der Waals surface area contributed by atoms with Crippen LogP contribution in [0.2, 0.25) is 0 Å². The van der Waals surface area contributed by atoms with Gasteiger partial charge in [-0.05, 0) is 39.5 Å². The zero-order valence-corrected chi connectivity index (χ0v) is 15.4. The fourth-order valence-electron chi connectivity index (χ4n) is 2.93. The molecule has 0 aliphatic heterocycles. The maximum absolute atomic E-state index is 10.3. The molecule has 2 aromatic heterocycles. The quantitative estimate of drug-likeness (QED) is 0.670. The molecule has 2 fully saturated rings. The van der Waals surface area contributed by atoms with Crippen LogP contribution in [0.3, 0.4) is 0 Å². The number of aromatic nitrogens is 4. The molecule has 0 amide bonds. The lowest BCUT2D eigenvalue weighted by atomic mass is 10.3. The molecule has 3 N–H and O–H groups in total. The van der Waals surface area contributed by atoms with Gasteiger partial charge in [0.05, 0.1) is 6.10 Å². The lowest BCUT2D eigenvalue weighted by Gasteiger charge is -2.15. The molecule has 2 aliphatic rings. The minimum atomic E-state index is -0.547. The van der Waals surface area contributed by atoms with Crippen molar-refractivity contribution >= 4 is 11.6 Å². The third kappa shape index (κ3) is 4.46. The largest absolute Gasteiger partial charge is 0.389 e. The Morgan fingerprint density at radius 3 is 1.65 bits per heavy atom. The molecule has 7 nitrogen and oxygen atoms in total. The van der Waals surface area contributed by atoms with E-state index in [0.29, 0.717) is 24.9 Å². The van der Waals surface area contributed by atoms with Gasteiger partial charge in [-0.25, -0.2) is 19.9 Å². The molecular formula is C19H26N6O. The number of rotatable bonds is 8. The molecule has 0 saturated heterocycles. The van der Waals surface area contributed by atoms with Crippen LogP contribution in [-0.4, -0.2) is 44.2 Å². The minimum absolute atomic E-state index is 0.424. The maximum Gasteiger partial charge on any atom is 0.134 e. The van der Waals surface area contributed by atoms with Crippen molar-refractivity contribution in [2.24, 2.45) is 0 Å². The van der Waals surface area contributed by atoms with Crippen LogP contribution in [0.15, 0.2) is 12.1 Å². The number of nitrogens with one attached hydrogen (secondary N) is 2. The van der Waals surface area contributed by atoms with Crippen LogP contribution < -0.4 is 10.6 Å². The van der Waals surface area contributed by atoms with Gasteiger partial charge >= 0.3 is 0 Å². The Bertz CT molecular complexity index is 722. The molecule has 4 rings (SSSR count). The summed E-state index contributed by atoms with van der Waals surface area (Å²) in [7, 11) is 0. The fourth-order valence-corrected chi connectivity index (χ4v) is 2.93. The molecule has 0 unspecified atom stereocenters. The van der Waals surface area contributed by atoms with Crippen LogP contribution in [-0.2, 0) is 0 Å². The minimum Gasteiger partial charge on any atom is -0.389 e. The maximum atomic E-state index is 10.3. The highest BCUT2D eigenvalue weighted by Gasteiger charge is 2.27. The third-order valence-electron chi connectivity index (χ3n) is 4.67. The van der Waals surface area contributed by atoms with E-state index in [2.05, 4.69) is 30.6 Å². The molecule has 0 bridgehead atoms. The fraction of sp³-hybridized carbons (Fsp3) is 0.579. The third-order valence-corrected chi connectivity index (χ3v) is 4.67. The standard InChI is InChI=1S/C19H26N6O/c1-11-7-16(24-18(22-11)13-3-4-13)20-9-15(26)10-21-17-8-12(2)23-19(25-17)14-5-6-14/h7-8,13-15,26H,3-6,9-10H2,1-2H3,(H,20,22,24)(H,21,23,25). The molecule has 2 aromatic rings. The number of hydrogen-bond donors (Lipinski definition) is 3. The van der Waals surface area contributed by atoms with Crippen molar-refractivity contribution in [3.05, 3.63) is 35.2 Å². The van der Waals surface area contributed by atoms with Gasteiger partial charge in [0.15, 0.2) is 0 Å². The lowest BCUT2D eigenvalue weighted by molar-refractivity contribution is 0.200. The summed E-state index contributed by atoms with van der Waals surface area (Å²) < 4.78 is 0. The summed E-state index contributed by atoms with van der Waals surface area (Å²) in [4.78, 5) is 18.1. The second kappa shape index (κ2) is 7.15. The van der Waals surface area contributed by atoms with E-state index >= 15 is 0 Å². The Morgan fingerprint density at radius 1 is 0.846 bits per heavy atom. The summed E-state index contributed by atoms with van der Waals surface area (Å²) in [5, 5.41) is 16.7. The van der Waals surface area contributed by atoms with Gasteiger partial charge in [0.25, 0.3) is 0 Å². The molecule has 2 saturated carbocycles. The van der Waals surface area contributed by atoms with E-state index in [-0.39, 0.29) is 0 Å². The summed E-state index contributed by atoms with van der Waals surface area (Å²) in [5.74, 6) is 4.44. The van der Waals surface area contributed by atoms with Crippen LogP contribution in [0.1, 0.15) is 60.6 Å². The van der Waals surface area contributed by atoms with Gasteiger partial charge in [0.1, 0.15) is 23.3 Å². The Labute approximate surface area is 153 Å². The lowest BCUT2D eigenvalue weighted by Crippen LogP contribution is -2.28. The zero-order valence-electron chi connectivity index (χ0n) is 15.4. The summed E-state index contributed by atoms with van der Waals surface area (Å²) in [6.07, 6.45) is 4.16. The number of anilines is 2. The number of aliphatic hydroxyl groups is 1. The smallest absolute Gasteiger partial charge is 0.134 e. The average Bonchev–Trinajstić information content (AvgIpc) is 3.48. The Balaban J connectivity index is 1.30. The highest BCUT2D eigenvalue weighted by atomic mass is 16.3. The molecule has 0 spiro atoms. The van der Waals surface area contributed by atoms with E-state index in [4.69, 9.17) is 0 Å². The van der Waals surface area contributed by atoms with Crippen molar-refractivity contribution in [2.75, 3.05) is 23.7 Å². The van der Waals surface area contributed by atoms with E-state index in [1.165, 1.54) is 25.7 Å². The van der Waals surface area contributed by atoms with Crippen LogP contribution in [0.25, 0.3) is 0 Å². The van der Waals surface area contributed by atoms with Crippen molar-refractivity contribution in [3.8, 4) is 0 Å². The predicted octanol–water partition coefficient (Wildman–Crippen LogP) is 2.52. The topological polar surface area (TPSA) is 95.8 Å². The second-order valence-corrected chi connectivity index (χ2v) is 7.47. The van der Waals surface area contributed by atoms with Crippen LogP contribution in [0, 0.1) is 13.8 Å². The SMILES string of the molecule is Cc1cc(NCC(O)CNc2cc(C)nc(C3CC3)n2)nc(C2CC2)n1. The molecule has 26 heavy (non-hydrogen) atoms. The van der Waals surface area contributed by atoms with E-state index in [1.807, 2.05) is 26.0 Å². The number of hydrogen-bond acceptors (Lipinski definition) is 7. The van der Waals surface area contributed by atoms with Gasteiger partial charge in [-0.3, -0.25) is 0 Å². The molecule has 0 aromatic carbocycles. The Kier molecular flexibility index (Phi) is 4.72. The number of nitrogens with zero attached hydrogens (tertiary/aromatic N) is 4. The van der Waals surface area contributed by atoms with Gasteiger partial charge in [0, 0.05) is 48.4 Å². The van der Waals surface area contributed by atoms with Crippen molar-refractivity contribution in [2.45, 2.75) is 57.5 Å². The predicted molar refractivity (Wildman–Crippen MR) is 100 cm³/mol. The summed E-state index contributed by atoms with van der Waals surface area (Å²) >= 11 is 0. The average molecular weight is 354 g/mol. The molecule has 0 atom stereocenters. The van der Waals surface area contributed by atoms with Crippen molar-refractivity contribution in [3.63, 3.8) is 0 Å². The van der Waals surface area contributed by atoms with Gasteiger partial charge < -0.3 is 15.7 Å². The summed E-state index contributed by atoms with van der Waals surface area (Å²) in [6.45, 7) is 4.80. The molecular weight excluding hydrogens is 328 g/mol. The Morgan fingerprint density at radius 2 is 1.27 bits per heavy atom. The summed E-state index contributed by atoms with van der Waals surface area (Å²) in [5.41, 5.74) is 1.92. The molecule has 2 aliphatic carbocycles. The van der Waals surface area contributed by atoms with Crippen molar-refractivity contribution < 1.29 is 5.11 Å². The van der Waals surface area contributed by atoms with E-state index < -0.39 is 6.10 Å². The molecule has 0 radical (unpaired) electrons. The molecule has 138 valence electrons. The highest BCUT2D eigenvalue weighted by Crippen LogP contribution is 2.39. The van der Waals surface area contributed by atoms with Crippen LogP contribution >= 0.6 is 0 Å². The van der Waals surface area contributed by atoms with E-state index in [1.54, 1.807) is 0 Å². The van der Waals surface area contributed by atoms with Crippen molar-refractivity contribution in [1.29, 1.82) is 0 Å². The first-order chi connectivity index (χ1) is 12.6. The van der Waals surface area contributed by atoms with Crippen molar-refractivity contribution in [1.82, 2.24) is 19.9 Å². The van der Waals surface area contributed by atoms with E-state index in [0.717, 1.165) is 34.7 Å². The first kappa shape index (κ1) is 17.1. The summed E-state index contributed by atoms with van der Waals surface area (Å²) in [6, 6.07) is 3.84. The van der Waals surface area contributed by atoms with Gasteiger partial charge in [-0.15, -0.1) is 0 Å². The van der Waals surface area contributed by atoms with Gasteiger partial charge in [-0.1, -0.05) is 0 Å². The monoisotopic (exact) mass is 354 g/mol. The highest BCUT2D eigenvalue weighted by molar-refractivity contribution is 5.38. The first-order valence-electron chi connectivity index (χ1n) is 9.44. The second-order valence-electron chi connectivity index (χ2n) is 7.47. The van der Waals surface area contributed by atoms with Gasteiger partial charge in [-0.2, -0.15) is 0 Å². The van der Waals surface area contributed by atoms with Gasteiger partial charge in [0.2, 0.25) is 0 Å². The van der Waals surface area contributed by atoms with Crippen LogP contribution in [0.5, 0.6) is 0 Å². The van der Waals surface area contributed by atoms with Crippen LogP contribution in [0.4, 0.5) is 11.6 Å². The van der Waals surface area contributed by atoms with E-state index in [9.17, 15) is 5.11 Å². The first-order valence-corrected chi connectivity index (χ1v) is 9.44. The Hall–Kier alpha value is -2.28. The zero-order chi connectivity index (χ0) is 18.1. The molecule has 7 heteroatoms. The molecule has 2 heterocycles. The number of aryl methyl sites for hydroxylation is 2. The number of aliphatic hydroxyl groups excluding tert-OH is 1.